The van der Waals surface area contributed by atoms with E-state index in [0.29, 0.717) is 0 Å². The van der Waals surface area contributed by atoms with Crippen LogP contribution in [0.2, 0.25) is 0 Å². The van der Waals surface area contributed by atoms with Crippen molar-refractivity contribution in [2.45, 2.75) is 18.9 Å². The SMILES string of the molecule is NC(=O)CC[C@H](N)C(=O)OCC(=O)O. The predicted molar refractivity (Wildman–Crippen MR) is 45.0 cm³/mol. The second-order valence-corrected chi connectivity index (χ2v) is 2.61. The van der Waals surface area contributed by atoms with Gasteiger partial charge in [-0.25, -0.2) is 4.79 Å². The average Bonchev–Trinajstić information content (AvgIpc) is 2.09. The fourth-order valence-corrected chi connectivity index (χ4v) is 0.656. The van der Waals surface area contributed by atoms with Crippen molar-refractivity contribution < 1.29 is 24.2 Å². The number of primary amides is 1. The first-order chi connectivity index (χ1) is 6.43. The van der Waals surface area contributed by atoms with Crippen LogP contribution in [-0.2, 0) is 19.1 Å². The fraction of sp³-hybridized carbons (Fsp3) is 0.571. The highest BCUT2D eigenvalue weighted by atomic mass is 16.5. The van der Waals surface area contributed by atoms with Crippen LogP contribution in [0, 0.1) is 0 Å². The third-order valence-corrected chi connectivity index (χ3v) is 1.34. The maximum absolute atomic E-state index is 10.9. The first-order valence-electron chi connectivity index (χ1n) is 3.85. The lowest BCUT2D eigenvalue weighted by atomic mass is 10.1. The molecule has 0 aliphatic heterocycles. The summed E-state index contributed by atoms with van der Waals surface area (Å²) in [5.41, 5.74) is 10.1. The Balaban J connectivity index is 3.76. The van der Waals surface area contributed by atoms with Crippen LogP contribution in [-0.4, -0.2) is 35.6 Å². The molecule has 0 aromatic heterocycles. The van der Waals surface area contributed by atoms with Crippen molar-refractivity contribution >= 4 is 17.8 Å². The van der Waals surface area contributed by atoms with E-state index in [-0.39, 0.29) is 12.8 Å². The number of carboxylic acid groups (broad SMARTS) is 1. The van der Waals surface area contributed by atoms with Crippen LogP contribution in [0.15, 0.2) is 0 Å². The number of esters is 1. The molecule has 5 N–H and O–H groups in total. The molecule has 80 valence electrons. The zero-order valence-corrected chi connectivity index (χ0v) is 7.43. The summed E-state index contributed by atoms with van der Waals surface area (Å²) in [4.78, 5) is 31.2. The number of carbonyl (C=O) groups is 3. The fourth-order valence-electron chi connectivity index (χ4n) is 0.656. The summed E-state index contributed by atoms with van der Waals surface area (Å²) < 4.78 is 4.28. The maximum atomic E-state index is 10.9. The van der Waals surface area contributed by atoms with Crippen LogP contribution in [0.3, 0.4) is 0 Å². The highest BCUT2D eigenvalue weighted by Gasteiger charge is 2.16. The van der Waals surface area contributed by atoms with Gasteiger partial charge in [0.05, 0.1) is 0 Å². The largest absolute Gasteiger partial charge is 0.479 e. The molecule has 0 bridgehead atoms. The minimum Gasteiger partial charge on any atom is -0.479 e. The van der Waals surface area contributed by atoms with Crippen molar-refractivity contribution in [1.82, 2.24) is 0 Å². The maximum Gasteiger partial charge on any atom is 0.341 e. The number of hydrogen-bond donors (Lipinski definition) is 3. The van der Waals surface area contributed by atoms with Crippen LogP contribution >= 0.6 is 0 Å². The number of rotatable bonds is 6. The van der Waals surface area contributed by atoms with Gasteiger partial charge in [0.25, 0.3) is 0 Å². The molecule has 0 heterocycles. The van der Waals surface area contributed by atoms with Crippen LogP contribution < -0.4 is 11.5 Å². The Labute approximate surface area is 80.0 Å². The number of aliphatic carboxylic acids is 1. The molecule has 0 aromatic rings. The molecule has 0 spiro atoms. The third kappa shape index (κ3) is 5.95. The highest BCUT2D eigenvalue weighted by molar-refractivity contribution is 5.80. The Bertz CT molecular complexity index is 240. The van der Waals surface area contributed by atoms with E-state index in [1.54, 1.807) is 0 Å². The quantitative estimate of drug-likeness (QED) is 0.437. The third-order valence-electron chi connectivity index (χ3n) is 1.34. The molecule has 0 radical (unpaired) electrons. The van der Waals surface area contributed by atoms with Crippen molar-refractivity contribution in [3.63, 3.8) is 0 Å². The molecule has 14 heavy (non-hydrogen) atoms. The second-order valence-electron chi connectivity index (χ2n) is 2.61. The molecule has 7 heteroatoms. The molecule has 0 saturated heterocycles. The zero-order chi connectivity index (χ0) is 11.1. The van der Waals surface area contributed by atoms with Gasteiger partial charge in [0, 0.05) is 6.42 Å². The Morgan fingerprint density at radius 2 is 1.93 bits per heavy atom. The first-order valence-corrected chi connectivity index (χ1v) is 3.85. The predicted octanol–water partition coefficient (Wildman–Crippen LogP) is -1.79. The summed E-state index contributed by atoms with van der Waals surface area (Å²) in [6.07, 6.45) is 0.0110. The van der Waals surface area contributed by atoms with E-state index in [1.807, 2.05) is 0 Å². The Hall–Kier alpha value is -1.63. The van der Waals surface area contributed by atoms with Gasteiger partial charge < -0.3 is 21.3 Å². The molecule has 0 rings (SSSR count). The summed E-state index contributed by atoms with van der Waals surface area (Å²) in [5, 5.41) is 8.17. The van der Waals surface area contributed by atoms with Gasteiger partial charge in [0.15, 0.2) is 6.61 Å². The number of hydrogen-bond acceptors (Lipinski definition) is 5. The van der Waals surface area contributed by atoms with Crippen molar-refractivity contribution in [3.8, 4) is 0 Å². The first kappa shape index (κ1) is 12.4. The van der Waals surface area contributed by atoms with Gasteiger partial charge in [0.2, 0.25) is 5.91 Å². The van der Waals surface area contributed by atoms with Gasteiger partial charge >= 0.3 is 11.9 Å². The van der Waals surface area contributed by atoms with Gasteiger partial charge in [-0.3, -0.25) is 9.59 Å². The summed E-state index contributed by atoms with van der Waals surface area (Å²) in [5.74, 6) is -2.69. The van der Waals surface area contributed by atoms with Gasteiger partial charge in [0.1, 0.15) is 6.04 Å². The molecular weight excluding hydrogens is 192 g/mol. The Morgan fingerprint density at radius 3 is 2.36 bits per heavy atom. The molecule has 1 amide bonds. The van der Waals surface area contributed by atoms with Gasteiger partial charge in [-0.05, 0) is 6.42 Å². The molecule has 0 aromatic carbocycles. The molecule has 0 aliphatic carbocycles. The van der Waals surface area contributed by atoms with Gasteiger partial charge in [-0.1, -0.05) is 0 Å². The van der Waals surface area contributed by atoms with Crippen LogP contribution in [0.4, 0.5) is 0 Å². The van der Waals surface area contributed by atoms with E-state index in [4.69, 9.17) is 16.6 Å². The molecule has 0 saturated carbocycles. The minimum atomic E-state index is -1.26. The lowest BCUT2D eigenvalue weighted by molar-refractivity contribution is -0.156. The van der Waals surface area contributed by atoms with Crippen LogP contribution in [0.5, 0.6) is 0 Å². The normalized spacial score (nSPS) is 11.8. The number of ether oxygens (including phenoxy) is 1. The summed E-state index contributed by atoms with van der Waals surface area (Å²) in [7, 11) is 0. The molecule has 0 fully saturated rings. The van der Waals surface area contributed by atoms with E-state index < -0.39 is 30.5 Å². The van der Waals surface area contributed by atoms with Crippen LogP contribution in [0.1, 0.15) is 12.8 Å². The number of carboxylic acids is 1. The standard InChI is InChI=1S/C7H12N2O5/c8-4(1-2-5(9)10)7(13)14-3-6(11)12/h4H,1-3,8H2,(H2,9,10)(H,11,12)/t4-/m0/s1. The van der Waals surface area contributed by atoms with Gasteiger partial charge in [-0.15, -0.1) is 0 Å². The van der Waals surface area contributed by atoms with Crippen molar-refractivity contribution in [3.05, 3.63) is 0 Å². The van der Waals surface area contributed by atoms with E-state index in [0.717, 1.165) is 0 Å². The number of carbonyl (C=O) groups excluding carboxylic acids is 2. The van der Waals surface area contributed by atoms with E-state index in [1.165, 1.54) is 0 Å². The molecule has 1 atom stereocenters. The van der Waals surface area contributed by atoms with E-state index >= 15 is 0 Å². The number of nitrogens with two attached hydrogens (primary N) is 2. The Kier molecular flexibility index (Phi) is 5.23. The molecule has 0 aliphatic rings. The summed E-state index contributed by atoms with van der Waals surface area (Å²) in [6.45, 7) is -0.733. The lowest BCUT2D eigenvalue weighted by Crippen LogP contribution is -2.34. The van der Waals surface area contributed by atoms with Crippen molar-refractivity contribution in [2.24, 2.45) is 11.5 Å². The van der Waals surface area contributed by atoms with Gasteiger partial charge in [-0.2, -0.15) is 0 Å². The summed E-state index contributed by atoms with van der Waals surface area (Å²) >= 11 is 0. The monoisotopic (exact) mass is 204 g/mol. The van der Waals surface area contributed by atoms with E-state index in [2.05, 4.69) is 4.74 Å². The molecule has 0 unspecified atom stereocenters. The molecular formula is C7H12N2O5. The minimum absolute atomic E-state index is 0.0384. The second kappa shape index (κ2) is 5.92. The lowest BCUT2D eigenvalue weighted by Gasteiger charge is -2.08. The topological polar surface area (TPSA) is 133 Å². The Morgan fingerprint density at radius 1 is 1.36 bits per heavy atom. The smallest absolute Gasteiger partial charge is 0.341 e. The van der Waals surface area contributed by atoms with E-state index in [9.17, 15) is 14.4 Å². The van der Waals surface area contributed by atoms with Crippen molar-refractivity contribution in [2.75, 3.05) is 6.61 Å². The highest BCUT2D eigenvalue weighted by Crippen LogP contribution is 1.96. The summed E-state index contributed by atoms with van der Waals surface area (Å²) in [6, 6.07) is -1.01. The molecule has 7 nitrogen and oxygen atoms in total. The number of amides is 1. The van der Waals surface area contributed by atoms with Crippen LogP contribution in [0.25, 0.3) is 0 Å². The zero-order valence-electron chi connectivity index (χ0n) is 7.43. The van der Waals surface area contributed by atoms with Crippen molar-refractivity contribution in [1.29, 1.82) is 0 Å². The average molecular weight is 204 g/mol.